The first-order chi connectivity index (χ1) is 14.6. The molecule has 0 unspecified atom stereocenters. The van der Waals surface area contributed by atoms with Gasteiger partial charge >= 0.3 is 0 Å². The first kappa shape index (κ1) is 19.7. The molecular formula is C25H24N4O. The Hall–Kier alpha value is -3.65. The number of carbonyl (C=O) groups is 1. The van der Waals surface area contributed by atoms with Gasteiger partial charge in [0.1, 0.15) is 6.54 Å². The third kappa shape index (κ3) is 4.66. The first-order valence-electron chi connectivity index (χ1n) is 10.2. The molecule has 1 fully saturated rings. The van der Waals surface area contributed by atoms with E-state index >= 15 is 0 Å². The lowest BCUT2D eigenvalue weighted by Crippen LogP contribution is -2.31. The Bertz CT molecular complexity index is 1090. The van der Waals surface area contributed by atoms with Gasteiger partial charge in [-0.15, -0.1) is 0 Å². The molecule has 1 aliphatic rings. The Morgan fingerprint density at radius 1 is 1.20 bits per heavy atom. The molecule has 1 aliphatic carbocycles. The van der Waals surface area contributed by atoms with Crippen molar-refractivity contribution < 1.29 is 4.79 Å². The SMILES string of the molecule is Cc1ccc(-c2nn(Cc3ccccc3)cc2/C=C/C(=O)N(CC#N)C2CC2)cc1. The molecule has 0 spiro atoms. The lowest BCUT2D eigenvalue weighted by atomic mass is 10.1. The van der Waals surface area contributed by atoms with Crippen LogP contribution in [0.15, 0.2) is 66.9 Å². The predicted octanol–water partition coefficient (Wildman–Crippen LogP) is 4.43. The third-order valence-corrected chi connectivity index (χ3v) is 5.22. The van der Waals surface area contributed by atoms with Crippen LogP contribution in [0.25, 0.3) is 17.3 Å². The fraction of sp³-hybridized carbons (Fsp3) is 0.240. The molecule has 0 aliphatic heterocycles. The minimum absolute atomic E-state index is 0.121. The van der Waals surface area contributed by atoms with E-state index in [1.54, 1.807) is 11.0 Å². The number of aryl methyl sites for hydroxylation is 1. The highest BCUT2D eigenvalue weighted by molar-refractivity contribution is 5.93. The predicted molar refractivity (Wildman–Crippen MR) is 117 cm³/mol. The maximum atomic E-state index is 12.6. The van der Waals surface area contributed by atoms with Crippen molar-refractivity contribution in [2.24, 2.45) is 0 Å². The summed E-state index contributed by atoms with van der Waals surface area (Å²) in [5, 5.41) is 13.8. The van der Waals surface area contributed by atoms with E-state index in [0.717, 1.165) is 35.2 Å². The molecule has 0 bridgehead atoms. The minimum Gasteiger partial charge on any atom is -0.323 e. The highest BCUT2D eigenvalue weighted by atomic mass is 16.2. The average molecular weight is 396 g/mol. The number of nitrogens with zero attached hydrogens (tertiary/aromatic N) is 4. The standard InChI is InChI=1S/C25H24N4O/c1-19-7-9-21(10-8-19)25-22(11-14-24(30)29(16-15-26)23-12-13-23)18-28(27-25)17-20-5-3-2-4-6-20/h2-11,14,18,23H,12-13,16-17H2,1H3/b14-11+. The second-order valence-electron chi connectivity index (χ2n) is 7.67. The Balaban J connectivity index is 1.63. The largest absolute Gasteiger partial charge is 0.323 e. The van der Waals surface area contributed by atoms with Gasteiger partial charge in [-0.3, -0.25) is 9.48 Å². The van der Waals surface area contributed by atoms with Gasteiger partial charge in [-0.25, -0.2) is 0 Å². The lowest BCUT2D eigenvalue weighted by molar-refractivity contribution is -0.125. The number of benzene rings is 2. The van der Waals surface area contributed by atoms with Crippen LogP contribution in [-0.2, 0) is 11.3 Å². The molecule has 0 atom stereocenters. The highest BCUT2D eigenvalue weighted by Gasteiger charge is 2.31. The van der Waals surface area contributed by atoms with Crippen molar-refractivity contribution in [2.75, 3.05) is 6.54 Å². The second-order valence-corrected chi connectivity index (χ2v) is 7.67. The zero-order chi connectivity index (χ0) is 20.9. The molecule has 0 saturated heterocycles. The van der Waals surface area contributed by atoms with Gasteiger partial charge in [0.15, 0.2) is 0 Å². The molecule has 2 aromatic carbocycles. The molecule has 30 heavy (non-hydrogen) atoms. The van der Waals surface area contributed by atoms with Crippen LogP contribution in [0.3, 0.4) is 0 Å². The number of nitriles is 1. The molecule has 1 amide bonds. The summed E-state index contributed by atoms with van der Waals surface area (Å²) in [6, 6.07) is 20.7. The van der Waals surface area contributed by atoms with Crippen molar-refractivity contribution in [3.05, 3.63) is 83.6 Å². The van der Waals surface area contributed by atoms with Crippen LogP contribution in [0.5, 0.6) is 0 Å². The van der Waals surface area contributed by atoms with Crippen LogP contribution in [0.4, 0.5) is 0 Å². The summed E-state index contributed by atoms with van der Waals surface area (Å²) in [5.41, 5.74) is 5.09. The number of carbonyl (C=O) groups excluding carboxylic acids is 1. The lowest BCUT2D eigenvalue weighted by Gasteiger charge is -2.16. The number of amides is 1. The molecule has 150 valence electrons. The van der Waals surface area contributed by atoms with E-state index in [1.807, 2.05) is 35.2 Å². The number of hydrogen-bond acceptors (Lipinski definition) is 3. The Morgan fingerprint density at radius 2 is 1.93 bits per heavy atom. The molecule has 5 nitrogen and oxygen atoms in total. The van der Waals surface area contributed by atoms with Crippen molar-refractivity contribution in [1.82, 2.24) is 14.7 Å². The van der Waals surface area contributed by atoms with Gasteiger partial charge in [-0.2, -0.15) is 10.4 Å². The first-order valence-corrected chi connectivity index (χ1v) is 10.2. The normalized spacial score (nSPS) is 13.3. The van der Waals surface area contributed by atoms with E-state index in [2.05, 4.69) is 49.4 Å². The molecule has 1 saturated carbocycles. The molecule has 0 N–H and O–H groups in total. The van der Waals surface area contributed by atoms with Crippen LogP contribution in [0.1, 0.15) is 29.5 Å². The number of hydrogen-bond donors (Lipinski definition) is 0. The molecule has 4 rings (SSSR count). The Kier molecular flexibility index (Phi) is 5.76. The van der Waals surface area contributed by atoms with Gasteiger partial charge in [0.25, 0.3) is 0 Å². The third-order valence-electron chi connectivity index (χ3n) is 5.22. The molecule has 5 heteroatoms. The highest BCUT2D eigenvalue weighted by Crippen LogP contribution is 2.28. The zero-order valence-electron chi connectivity index (χ0n) is 17.0. The van der Waals surface area contributed by atoms with Crippen LogP contribution in [-0.4, -0.2) is 33.2 Å². The van der Waals surface area contributed by atoms with Gasteiger partial charge in [-0.05, 0) is 31.4 Å². The van der Waals surface area contributed by atoms with Crippen molar-refractivity contribution in [2.45, 2.75) is 32.4 Å². The van der Waals surface area contributed by atoms with E-state index in [-0.39, 0.29) is 18.5 Å². The number of rotatable bonds is 7. The summed E-state index contributed by atoms with van der Waals surface area (Å²) in [4.78, 5) is 14.3. The van der Waals surface area contributed by atoms with E-state index in [0.29, 0.717) is 6.54 Å². The monoisotopic (exact) mass is 396 g/mol. The molecular weight excluding hydrogens is 372 g/mol. The molecule has 1 heterocycles. The molecule has 1 aromatic heterocycles. The van der Waals surface area contributed by atoms with Gasteiger partial charge < -0.3 is 4.90 Å². The number of aromatic nitrogens is 2. The van der Waals surface area contributed by atoms with E-state index in [4.69, 9.17) is 10.4 Å². The smallest absolute Gasteiger partial charge is 0.247 e. The van der Waals surface area contributed by atoms with Crippen molar-refractivity contribution >= 4 is 12.0 Å². The van der Waals surface area contributed by atoms with Crippen LogP contribution in [0, 0.1) is 18.3 Å². The van der Waals surface area contributed by atoms with Crippen molar-refractivity contribution in [3.8, 4) is 17.3 Å². The maximum absolute atomic E-state index is 12.6. The van der Waals surface area contributed by atoms with Gasteiger partial charge in [0.05, 0.1) is 18.3 Å². The summed E-state index contributed by atoms with van der Waals surface area (Å²) in [5.74, 6) is -0.121. The Labute approximate surface area is 176 Å². The van der Waals surface area contributed by atoms with E-state index < -0.39 is 0 Å². The maximum Gasteiger partial charge on any atom is 0.247 e. The quantitative estimate of drug-likeness (QED) is 0.438. The summed E-state index contributed by atoms with van der Waals surface area (Å²) in [7, 11) is 0. The molecule has 3 aromatic rings. The van der Waals surface area contributed by atoms with E-state index in [9.17, 15) is 4.79 Å². The van der Waals surface area contributed by atoms with Gasteiger partial charge in [0.2, 0.25) is 5.91 Å². The van der Waals surface area contributed by atoms with Crippen LogP contribution in [0.2, 0.25) is 0 Å². The zero-order valence-corrected chi connectivity index (χ0v) is 17.0. The fourth-order valence-corrected chi connectivity index (χ4v) is 3.45. The molecule has 0 radical (unpaired) electrons. The van der Waals surface area contributed by atoms with Crippen LogP contribution < -0.4 is 0 Å². The van der Waals surface area contributed by atoms with Crippen molar-refractivity contribution in [3.63, 3.8) is 0 Å². The summed E-state index contributed by atoms with van der Waals surface area (Å²) >= 11 is 0. The summed E-state index contributed by atoms with van der Waals surface area (Å²) in [6.07, 6.45) is 7.31. The second kappa shape index (κ2) is 8.79. The van der Waals surface area contributed by atoms with Gasteiger partial charge in [0, 0.05) is 29.4 Å². The fourth-order valence-electron chi connectivity index (χ4n) is 3.45. The summed E-state index contributed by atoms with van der Waals surface area (Å²) < 4.78 is 1.91. The summed E-state index contributed by atoms with van der Waals surface area (Å²) in [6.45, 7) is 2.84. The topological polar surface area (TPSA) is 61.9 Å². The average Bonchev–Trinajstić information content (AvgIpc) is 3.52. The van der Waals surface area contributed by atoms with E-state index in [1.165, 1.54) is 5.56 Å². The van der Waals surface area contributed by atoms with Gasteiger partial charge in [-0.1, -0.05) is 60.2 Å². The minimum atomic E-state index is -0.121. The Morgan fingerprint density at radius 3 is 2.60 bits per heavy atom. The van der Waals surface area contributed by atoms with Crippen LogP contribution >= 0.6 is 0 Å². The van der Waals surface area contributed by atoms with Crippen molar-refractivity contribution in [1.29, 1.82) is 5.26 Å².